The van der Waals surface area contributed by atoms with Gasteiger partial charge in [-0.2, -0.15) is 5.10 Å². The summed E-state index contributed by atoms with van der Waals surface area (Å²) in [5.74, 6) is -0.770. The highest BCUT2D eigenvalue weighted by atomic mass is 79.9. The predicted octanol–water partition coefficient (Wildman–Crippen LogP) is 3.04. The van der Waals surface area contributed by atoms with Gasteiger partial charge in [-0.3, -0.25) is 9.48 Å². The van der Waals surface area contributed by atoms with Crippen molar-refractivity contribution in [3.05, 3.63) is 45.9 Å². The van der Waals surface area contributed by atoms with Gasteiger partial charge in [0.15, 0.2) is 0 Å². The van der Waals surface area contributed by atoms with Crippen LogP contribution in [0.2, 0.25) is 0 Å². The van der Waals surface area contributed by atoms with Crippen molar-refractivity contribution in [3.63, 3.8) is 0 Å². The molecule has 0 aliphatic rings. The van der Waals surface area contributed by atoms with Gasteiger partial charge in [0.25, 0.3) is 0 Å². The van der Waals surface area contributed by atoms with Crippen LogP contribution in [0.25, 0.3) is 0 Å². The second-order valence-corrected chi connectivity index (χ2v) is 4.96. The molecular weight excluding hydrogens is 313 g/mol. The molecule has 0 unspecified atom stereocenters. The Balaban J connectivity index is 2.10. The van der Waals surface area contributed by atoms with E-state index < -0.39 is 5.82 Å². The first kappa shape index (κ1) is 13.7. The molecule has 0 saturated heterocycles. The fraction of sp³-hybridized carbons (Fsp3) is 0.231. The summed E-state index contributed by atoms with van der Waals surface area (Å²) in [6.45, 7) is 3.76. The van der Waals surface area contributed by atoms with Crippen LogP contribution in [0.1, 0.15) is 11.4 Å². The fourth-order valence-corrected chi connectivity index (χ4v) is 2.00. The molecule has 6 heteroatoms. The van der Waals surface area contributed by atoms with Crippen LogP contribution in [0, 0.1) is 19.7 Å². The van der Waals surface area contributed by atoms with Gasteiger partial charge in [-0.15, -0.1) is 0 Å². The van der Waals surface area contributed by atoms with Crippen molar-refractivity contribution in [1.82, 2.24) is 9.78 Å². The van der Waals surface area contributed by atoms with Crippen LogP contribution in [-0.2, 0) is 11.3 Å². The van der Waals surface area contributed by atoms with E-state index in [9.17, 15) is 9.18 Å². The first-order valence-corrected chi connectivity index (χ1v) is 6.52. The van der Waals surface area contributed by atoms with Gasteiger partial charge in [-0.1, -0.05) is 12.1 Å². The van der Waals surface area contributed by atoms with E-state index in [1.54, 1.807) is 16.8 Å². The van der Waals surface area contributed by atoms with Gasteiger partial charge >= 0.3 is 0 Å². The van der Waals surface area contributed by atoms with E-state index in [0.717, 1.165) is 15.9 Å². The van der Waals surface area contributed by atoms with Crippen molar-refractivity contribution in [1.29, 1.82) is 0 Å². The maximum Gasteiger partial charge on any atom is 0.246 e. The molecule has 19 heavy (non-hydrogen) atoms. The molecule has 1 N–H and O–H groups in total. The van der Waals surface area contributed by atoms with Crippen LogP contribution >= 0.6 is 15.9 Å². The lowest BCUT2D eigenvalue weighted by atomic mass is 10.3. The van der Waals surface area contributed by atoms with Crippen LogP contribution in [0.15, 0.2) is 28.7 Å². The van der Waals surface area contributed by atoms with E-state index in [0.29, 0.717) is 0 Å². The second-order valence-electron chi connectivity index (χ2n) is 4.17. The summed E-state index contributed by atoms with van der Waals surface area (Å²) >= 11 is 3.39. The number of para-hydroxylation sites is 1. The molecule has 1 amide bonds. The summed E-state index contributed by atoms with van der Waals surface area (Å²) in [5, 5.41) is 6.75. The summed E-state index contributed by atoms with van der Waals surface area (Å²) < 4.78 is 15.9. The molecule has 0 spiro atoms. The highest BCUT2D eigenvalue weighted by molar-refractivity contribution is 9.10. The minimum atomic E-state index is -0.453. The number of hydrogen-bond acceptors (Lipinski definition) is 2. The molecule has 1 heterocycles. The van der Waals surface area contributed by atoms with Crippen molar-refractivity contribution in [2.75, 3.05) is 5.32 Å². The largest absolute Gasteiger partial charge is 0.322 e. The highest BCUT2D eigenvalue weighted by Crippen LogP contribution is 2.20. The van der Waals surface area contributed by atoms with Crippen molar-refractivity contribution >= 4 is 27.5 Å². The van der Waals surface area contributed by atoms with Crippen molar-refractivity contribution in [2.24, 2.45) is 0 Å². The van der Waals surface area contributed by atoms with Crippen LogP contribution in [-0.4, -0.2) is 15.7 Å². The Labute approximate surface area is 118 Å². The summed E-state index contributed by atoms with van der Waals surface area (Å²) in [4.78, 5) is 11.9. The third kappa shape index (κ3) is 3.01. The number of rotatable bonds is 3. The number of nitrogens with one attached hydrogen (secondary N) is 1. The Morgan fingerprint density at radius 1 is 1.42 bits per heavy atom. The van der Waals surface area contributed by atoms with Crippen molar-refractivity contribution in [3.8, 4) is 0 Å². The predicted molar refractivity (Wildman–Crippen MR) is 74.4 cm³/mol. The molecule has 1 aromatic heterocycles. The number of benzene rings is 1. The van der Waals surface area contributed by atoms with Crippen LogP contribution in [0.4, 0.5) is 10.1 Å². The van der Waals surface area contributed by atoms with E-state index in [2.05, 4.69) is 26.3 Å². The minimum absolute atomic E-state index is 0.0482. The zero-order chi connectivity index (χ0) is 14.0. The Morgan fingerprint density at radius 3 is 2.68 bits per heavy atom. The molecule has 0 saturated carbocycles. The van der Waals surface area contributed by atoms with Crippen LogP contribution in [0.3, 0.4) is 0 Å². The second kappa shape index (κ2) is 5.52. The van der Waals surface area contributed by atoms with Gasteiger partial charge in [0.05, 0.1) is 21.5 Å². The molecular formula is C13H13BrFN3O. The monoisotopic (exact) mass is 325 g/mol. The number of aromatic nitrogens is 2. The molecule has 2 aromatic rings. The SMILES string of the molecule is Cc1nn(CC(=O)Nc2ccccc2F)c(C)c1Br. The number of nitrogens with zero attached hydrogens (tertiary/aromatic N) is 2. The van der Waals surface area contributed by atoms with Crippen molar-refractivity contribution < 1.29 is 9.18 Å². The van der Waals surface area contributed by atoms with E-state index in [4.69, 9.17) is 0 Å². The molecule has 0 fully saturated rings. The minimum Gasteiger partial charge on any atom is -0.322 e. The molecule has 1 aromatic carbocycles. The molecule has 4 nitrogen and oxygen atoms in total. The molecule has 2 rings (SSSR count). The standard InChI is InChI=1S/C13H13BrFN3O/c1-8-13(14)9(2)18(17-8)7-12(19)16-11-6-4-3-5-10(11)15/h3-6H,7H2,1-2H3,(H,16,19). The Bertz CT molecular complexity index is 624. The summed E-state index contributed by atoms with van der Waals surface area (Å²) in [6, 6.07) is 6.06. The smallest absolute Gasteiger partial charge is 0.246 e. The lowest BCUT2D eigenvalue weighted by Crippen LogP contribution is -2.20. The topological polar surface area (TPSA) is 46.9 Å². The normalized spacial score (nSPS) is 10.5. The van der Waals surface area contributed by atoms with Crippen molar-refractivity contribution in [2.45, 2.75) is 20.4 Å². The fourth-order valence-electron chi connectivity index (χ4n) is 1.72. The average molecular weight is 326 g/mol. The van der Waals surface area contributed by atoms with E-state index in [1.165, 1.54) is 12.1 Å². The molecule has 0 bridgehead atoms. The highest BCUT2D eigenvalue weighted by Gasteiger charge is 2.12. The quantitative estimate of drug-likeness (QED) is 0.942. The van der Waals surface area contributed by atoms with Crippen LogP contribution < -0.4 is 5.32 Å². The number of aryl methyl sites for hydroxylation is 1. The number of anilines is 1. The lowest BCUT2D eigenvalue weighted by molar-refractivity contribution is -0.117. The molecule has 0 atom stereocenters. The number of amides is 1. The molecule has 0 aliphatic heterocycles. The number of carbonyl (C=O) groups is 1. The third-order valence-electron chi connectivity index (χ3n) is 2.73. The zero-order valence-electron chi connectivity index (χ0n) is 10.6. The molecule has 100 valence electrons. The van der Waals surface area contributed by atoms with Gasteiger partial charge in [0.1, 0.15) is 12.4 Å². The maximum absolute atomic E-state index is 13.4. The first-order valence-electron chi connectivity index (χ1n) is 5.73. The zero-order valence-corrected chi connectivity index (χ0v) is 12.2. The van der Waals surface area contributed by atoms with E-state index in [-0.39, 0.29) is 18.1 Å². The van der Waals surface area contributed by atoms with E-state index in [1.807, 2.05) is 13.8 Å². The summed E-state index contributed by atoms with van der Waals surface area (Å²) in [5.41, 5.74) is 1.85. The molecule has 0 aliphatic carbocycles. The number of hydrogen-bond donors (Lipinski definition) is 1. The van der Waals surface area contributed by atoms with E-state index >= 15 is 0 Å². The summed E-state index contributed by atoms with van der Waals surface area (Å²) in [7, 11) is 0. The van der Waals surface area contributed by atoms with Crippen LogP contribution in [0.5, 0.6) is 0 Å². The Kier molecular flexibility index (Phi) is 3.99. The maximum atomic E-state index is 13.4. The summed E-state index contributed by atoms with van der Waals surface area (Å²) in [6.07, 6.45) is 0. The third-order valence-corrected chi connectivity index (χ3v) is 3.88. The van der Waals surface area contributed by atoms with Gasteiger partial charge in [-0.25, -0.2) is 4.39 Å². The first-order chi connectivity index (χ1) is 8.99. The van der Waals surface area contributed by atoms with Gasteiger partial charge < -0.3 is 5.32 Å². The number of halogens is 2. The lowest BCUT2D eigenvalue weighted by Gasteiger charge is -2.07. The molecule has 0 radical (unpaired) electrons. The Hall–Kier alpha value is -1.69. The average Bonchev–Trinajstić information content (AvgIpc) is 2.60. The van der Waals surface area contributed by atoms with Gasteiger partial charge in [0, 0.05) is 0 Å². The Morgan fingerprint density at radius 2 is 2.11 bits per heavy atom. The number of carbonyl (C=O) groups excluding carboxylic acids is 1. The van der Waals surface area contributed by atoms with Gasteiger partial charge in [-0.05, 0) is 41.9 Å². The van der Waals surface area contributed by atoms with Gasteiger partial charge in [0.2, 0.25) is 5.91 Å².